The Bertz CT molecular complexity index is 789. The van der Waals surface area contributed by atoms with Crippen molar-refractivity contribution in [1.82, 2.24) is 19.9 Å². The standard InChI is InChI=1S/C19H26N4O5/c1-22-7-9-23(10-8-22)17(24)6-5-16-20-19(21-28-16)13-11-14(25-2)18(27-4)15(12-13)26-3/h11-12H,5-10H2,1-4H3. The first-order valence-corrected chi connectivity index (χ1v) is 9.15. The van der Waals surface area contributed by atoms with Gasteiger partial charge in [0.05, 0.1) is 21.3 Å². The molecule has 0 N–H and O–H groups in total. The van der Waals surface area contributed by atoms with E-state index in [4.69, 9.17) is 18.7 Å². The van der Waals surface area contributed by atoms with Crippen LogP contribution >= 0.6 is 0 Å². The number of nitrogens with zero attached hydrogens (tertiary/aromatic N) is 4. The number of rotatable bonds is 7. The number of benzene rings is 1. The molecule has 2 aromatic rings. The molecule has 9 heteroatoms. The van der Waals surface area contributed by atoms with Gasteiger partial charge in [0.1, 0.15) is 0 Å². The Balaban J connectivity index is 1.68. The molecular weight excluding hydrogens is 364 g/mol. The zero-order valence-corrected chi connectivity index (χ0v) is 16.7. The van der Waals surface area contributed by atoms with Gasteiger partial charge in [0.25, 0.3) is 0 Å². The van der Waals surface area contributed by atoms with Crippen LogP contribution in [0.5, 0.6) is 17.2 Å². The van der Waals surface area contributed by atoms with Gasteiger partial charge in [-0.05, 0) is 19.2 Å². The van der Waals surface area contributed by atoms with E-state index in [0.29, 0.717) is 47.4 Å². The molecule has 1 saturated heterocycles. The Morgan fingerprint density at radius 2 is 1.71 bits per heavy atom. The minimum atomic E-state index is 0.112. The van der Waals surface area contributed by atoms with Gasteiger partial charge in [0.2, 0.25) is 23.4 Å². The number of likely N-dealkylation sites (N-methyl/N-ethyl adjacent to an activating group) is 1. The highest BCUT2D eigenvalue weighted by atomic mass is 16.5. The van der Waals surface area contributed by atoms with Crippen molar-refractivity contribution in [1.29, 1.82) is 0 Å². The second-order valence-electron chi connectivity index (χ2n) is 6.61. The van der Waals surface area contributed by atoms with Crippen molar-refractivity contribution in [3.05, 3.63) is 18.0 Å². The first-order chi connectivity index (χ1) is 13.5. The van der Waals surface area contributed by atoms with Crippen LogP contribution in [-0.4, -0.2) is 80.4 Å². The molecule has 1 aromatic carbocycles. The van der Waals surface area contributed by atoms with Crippen LogP contribution in [0, 0.1) is 0 Å². The maximum atomic E-state index is 12.4. The maximum Gasteiger partial charge on any atom is 0.227 e. The van der Waals surface area contributed by atoms with Gasteiger partial charge < -0.3 is 28.5 Å². The lowest BCUT2D eigenvalue weighted by atomic mass is 10.1. The van der Waals surface area contributed by atoms with Gasteiger partial charge in [0, 0.05) is 44.6 Å². The normalized spacial score (nSPS) is 14.8. The summed E-state index contributed by atoms with van der Waals surface area (Å²) in [6, 6.07) is 3.51. The van der Waals surface area contributed by atoms with E-state index in [1.54, 1.807) is 33.5 Å². The zero-order valence-electron chi connectivity index (χ0n) is 16.7. The highest BCUT2D eigenvalue weighted by Gasteiger charge is 2.21. The molecule has 0 spiro atoms. The second-order valence-corrected chi connectivity index (χ2v) is 6.61. The molecule has 1 aliphatic heterocycles. The summed E-state index contributed by atoms with van der Waals surface area (Å²) >= 11 is 0. The highest BCUT2D eigenvalue weighted by Crippen LogP contribution is 2.40. The molecule has 1 aromatic heterocycles. The zero-order chi connectivity index (χ0) is 20.1. The van der Waals surface area contributed by atoms with E-state index >= 15 is 0 Å². The van der Waals surface area contributed by atoms with Gasteiger partial charge in [-0.15, -0.1) is 0 Å². The fourth-order valence-corrected chi connectivity index (χ4v) is 3.11. The number of methoxy groups -OCH3 is 3. The van der Waals surface area contributed by atoms with Gasteiger partial charge in [-0.2, -0.15) is 4.98 Å². The van der Waals surface area contributed by atoms with Crippen molar-refractivity contribution in [3.63, 3.8) is 0 Å². The van der Waals surface area contributed by atoms with Crippen LogP contribution < -0.4 is 14.2 Å². The smallest absolute Gasteiger partial charge is 0.227 e. The number of amides is 1. The summed E-state index contributed by atoms with van der Waals surface area (Å²) in [5, 5.41) is 4.02. The van der Waals surface area contributed by atoms with Gasteiger partial charge in [0.15, 0.2) is 11.5 Å². The molecule has 0 radical (unpaired) electrons. The van der Waals surface area contributed by atoms with Crippen LogP contribution in [0.2, 0.25) is 0 Å². The van der Waals surface area contributed by atoms with Gasteiger partial charge in [-0.1, -0.05) is 5.16 Å². The van der Waals surface area contributed by atoms with Gasteiger partial charge in [-0.3, -0.25) is 4.79 Å². The van der Waals surface area contributed by atoms with Crippen molar-refractivity contribution >= 4 is 5.91 Å². The summed E-state index contributed by atoms with van der Waals surface area (Å²) < 4.78 is 21.4. The number of ether oxygens (including phenoxy) is 3. The van der Waals surface area contributed by atoms with E-state index in [1.165, 1.54) is 0 Å². The fraction of sp³-hybridized carbons (Fsp3) is 0.526. The quantitative estimate of drug-likeness (QED) is 0.702. The summed E-state index contributed by atoms with van der Waals surface area (Å²) in [5.41, 5.74) is 0.676. The molecule has 28 heavy (non-hydrogen) atoms. The van der Waals surface area contributed by atoms with Gasteiger partial charge >= 0.3 is 0 Å². The van der Waals surface area contributed by atoms with E-state index in [1.807, 2.05) is 4.90 Å². The molecule has 1 aliphatic rings. The van der Waals surface area contributed by atoms with Crippen molar-refractivity contribution < 1.29 is 23.5 Å². The Morgan fingerprint density at radius 1 is 1.07 bits per heavy atom. The molecule has 0 saturated carbocycles. The van der Waals surface area contributed by atoms with Crippen molar-refractivity contribution in [2.24, 2.45) is 0 Å². The third-order valence-electron chi connectivity index (χ3n) is 4.80. The van der Waals surface area contributed by atoms with Crippen molar-refractivity contribution in [2.75, 3.05) is 54.6 Å². The number of carbonyl (C=O) groups is 1. The van der Waals surface area contributed by atoms with E-state index < -0.39 is 0 Å². The Labute approximate surface area is 164 Å². The molecule has 152 valence electrons. The summed E-state index contributed by atoms with van der Waals surface area (Å²) in [6.45, 7) is 3.32. The minimum absolute atomic E-state index is 0.112. The molecular formula is C19H26N4O5. The first kappa shape index (κ1) is 19.9. The Kier molecular flexibility index (Phi) is 6.35. The number of aromatic nitrogens is 2. The van der Waals surface area contributed by atoms with Crippen LogP contribution in [-0.2, 0) is 11.2 Å². The molecule has 0 atom stereocenters. The number of hydrogen-bond acceptors (Lipinski definition) is 8. The third-order valence-corrected chi connectivity index (χ3v) is 4.80. The van der Waals surface area contributed by atoms with Crippen LogP contribution in [0.25, 0.3) is 11.4 Å². The summed E-state index contributed by atoms with van der Waals surface area (Å²) in [6.07, 6.45) is 0.753. The molecule has 3 rings (SSSR count). The van der Waals surface area contributed by atoms with Crippen molar-refractivity contribution in [3.8, 4) is 28.6 Å². The number of carbonyl (C=O) groups excluding carboxylic acids is 1. The first-order valence-electron chi connectivity index (χ1n) is 9.15. The van der Waals surface area contributed by atoms with Crippen molar-refractivity contribution in [2.45, 2.75) is 12.8 Å². The Hall–Kier alpha value is -2.81. The van der Waals surface area contributed by atoms with E-state index in [2.05, 4.69) is 22.1 Å². The lowest BCUT2D eigenvalue weighted by Gasteiger charge is -2.32. The molecule has 1 amide bonds. The maximum absolute atomic E-state index is 12.4. The largest absolute Gasteiger partial charge is 0.493 e. The number of hydrogen-bond donors (Lipinski definition) is 0. The lowest BCUT2D eigenvalue weighted by Crippen LogP contribution is -2.47. The summed E-state index contributed by atoms with van der Waals surface area (Å²) in [4.78, 5) is 20.9. The third kappa shape index (κ3) is 4.36. The molecule has 0 bridgehead atoms. The molecule has 2 heterocycles. The topological polar surface area (TPSA) is 90.2 Å². The van der Waals surface area contributed by atoms with Crippen LogP contribution in [0.3, 0.4) is 0 Å². The van der Waals surface area contributed by atoms with E-state index in [-0.39, 0.29) is 5.91 Å². The lowest BCUT2D eigenvalue weighted by molar-refractivity contribution is -0.132. The fourth-order valence-electron chi connectivity index (χ4n) is 3.11. The van der Waals surface area contributed by atoms with E-state index in [9.17, 15) is 4.79 Å². The number of piperazine rings is 1. The van der Waals surface area contributed by atoms with E-state index in [0.717, 1.165) is 26.2 Å². The predicted octanol–water partition coefficient (Wildman–Crippen LogP) is 1.47. The summed E-state index contributed by atoms with van der Waals surface area (Å²) in [5.74, 6) is 2.45. The monoisotopic (exact) mass is 390 g/mol. The van der Waals surface area contributed by atoms with Crippen LogP contribution in [0.15, 0.2) is 16.7 Å². The predicted molar refractivity (Wildman–Crippen MR) is 102 cm³/mol. The molecule has 0 aliphatic carbocycles. The minimum Gasteiger partial charge on any atom is -0.493 e. The molecule has 0 unspecified atom stereocenters. The van der Waals surface area contributed by atoms with Gasteiger partial charge in [-0.25, -0.2) is 0 Å². The number of aryl methyl sites for hydroxylation is 1. The summed E-state index contributed by atoms with van der Waals surface area (Å²) in [7, 11) is 6.70. The van der Waals surface area contributed by atoms with Crippen LogP contribution in [0.1, 0.15) is 12.3 Å². The Morgan fingerprint density at radius 3 is 2.29 bits per heavy atom. The molecule has 9 nitrogen and oxygen atoms in total. The van der Waals surface area contributed by atoms with Crippen LogP contribution in [0.4, 0.5) is 0 Å². The SMILES string of the molecule is COc1cc(-c2noc(CCC(=O)N3CCN(C)CC3)n2)cc(OC)c1OC. The average molecular weight is 390 g/mol. The molecule has 1 fully saturated rings. The highest BCUT2D eigenvalue weighted by molar-refractivity contribution is 5.76. The average Bonchev–Trinajstić information content (AvgIpc) is 3.20. The second kappa shape index (κ2) is 8.92.